The Morgan fingerprint density at radius 3 is 2.80 bits per heavy atom. The number of hydrogen-bond donors (Lipinski definition) is 1. The van der Waals surface area contributed by atoms with E-state index in [1.807, 2.05) is 18.2 Å². The van der Waals surface area contributed by atoms with E-state index >= 15 is 0 Å². The molecule has 1 atom stereocenters. The van der Waals surface area contributed by atoms with Crippen LogP contribution in [-0.2, 0) is 9.53 Å². The van der Waals surface area contributed by atoms with Crippen molar-refractivity contribution in [3.05, 3.63) is 26.2 Å². The van der Waals surface area contributed by atoms with Crippen LogP contribution in [0.5, 0.6) is 0 Å². The summed E-state index contributed by atoms with van der Waals surface area (Å²) in [6, 6.07) is 5.47. The van der Waals surface area contributed by atoms with Crippen molar-refractivity contribution >= 4 is 50.2 Å². The summed E-state index contributed by atoms with van der Waals surface area (Å²) in [6.07, 6.45) is 0. The van der Waals surface area contributed by atoms with Crippen molar-refractivity contribution in [1.82, 2.24) is 0 Å². The molecule has 3 nitrogen and oxygen atoms in total. The highest BCUT2D eigenvalue weighted by Gasteiger charge is 2.12. The van der Waals surface area contributed by atoms with Crippen LogP contribution in [0.25, 0.3) is 0 Å². The van der Waals surface area contributed by atoms with E-state index in [0.717, 1.165) is 13.7 Å². The lowest BCUT2D eigenvalue weighted by Crippen LogP contribution is -2.27. The van der Waals surface area contributed by atoms with Crippen molar-refractivity contribution in [1.29, 1.82) is 0 Å². The Bertz CT molecular complexity index is 370. The minimum Gasteiger partial charge on any atom is -0.467 e. The van der Waals surface area contributed by atoms with Gasteiger partial charge in [-0.2, -0.15) is 0 Å². The summed E-state index contributed by atoms with van der Waals surface area (Å²) >= 11 is 5.63. The van der Waals surface area contributed by atoms with Gasteiger partial charge in [-0.15, -0.1) is 0 Å². The molecular formula is C10H11BrINO2. The molecule has 15 heavy (non-hydrogen) atoms. The van der Waals surface area contributed by atoms with Gasteiger partial charge in [-0.05, 0) is 63.6 Å². The molecule has 0 radical (unpaired) electrons. The van der Waals surface area contributed by atoms with Crippen molar-refractivity contribution in [3.63, 3.8) is 0 Å². The van der Waals surface area contributed by atoms with Gasteiger partial charge in [-0.1, -0.05) is 0 Å². The zero-order valence-electron chi connectivity index (χ0n) is 8.38. The molecule has 0 fully saturated rings. The number of halogens is 2. The van der Waals surface area contributed by atoms with Crippen LogP contribution in [0, 0.1) is 3.57 Å². The largest absolute Gasteiger partial charge is 0.467 e. The summed E-state index contributed by atoms with van der Waals surface area (Å²) in [4.78, 5) is 11.2. The lowest BCUT2D eigenvalue weighted by atomic mass is 10.2. The first-order chi connectivity index (χ1) is 7.04. The van der Waals surface area contributed by atoms with Crippen molar-refractivity contribution in [2.75, 3.05) is 12.4 Å². The van der Waals surface area contributed by atoms with E-state index in [1.54, 1.807) is 6.92 Å². The van der Waals surface area contributed by atoms with Crippen LogP contribution < -0.4 is 5.32 Å². The maximum atomic E-state index is 11.2. The molecule has 0 spiro atoms. The third-order valence-electron chi connectivity index (χ3n) is 1.86. The van der Waals surface area contributed by atoms with E-state index in [1.165, 1.54) is 7.11 Å². The van der Waals surface area contributed by atoms with Gasteiger partial charge in [0.1, 0.15) is 6.04 Å². The maximum absolute atomic E-state index is 11.2. The number of methoxy groups -OCH3 is 1. The van der Waals surface area contributed by atoms with Gasteiger partial charge >= 0.3 is 5.97 Å². The van der Waals surface area contributed by atoms with Gasteiger partial charge in [0.25, 0.3) is 0 Å². The predicted octanol–water partition coefficient (Wildman–Crippen LogP) is 3.03. The van der Waals surface area contributed by atoms with Gasteiger partial charge < -0.3 is 10.1 Å². The van der Waals surface area contributed by atoms with Crippen LogP contribution >= 0.6 is 38.5 Å². The topological polar surface area (TPSA) is 38.3 Å². The molecule has 1 N–H and O–H groups in total. The zero-order valence-corrected chi connectivity index (χ0v) is 12.1. The number of nitrogens with one attached hydrogen (secondary N) is 1. The van der Waals surface area contributed by atoms with E-state index in [4.69, 9.17) is 0 Å². The first-order valence-electron chi connectivity index (χ1n) is 4.34. The third-order valence-corrected chi connectivity index (χ3v) is 4.18. The van der Waals surface area contributed by atoms with Crippen molar-refractivity contribution in [2.45, 2.75) is 13.0 Å². The fraction of sp³-hybridized carbons (Fsp3) is 0.300. The van der Waals surface area contributed by atoms with E-state index in [9.17, 15) is 4.79 Å². The van der Waals surface area contributed by atoms with E-state index < -0.39 is 0 Å². The standard InChI is InChI=1S/C10H11BrINO2/c1-6(10(14)15-2)13-7-3-4-8(11)9(12)5-7/h3-6,13H,1-2H3. The Morgan fingerprint density at radius 2 is 2.27 bits per heavy atom. The van der Waals surface area contributed by atoms with Crippen LogP contribution in [0.15, 0.2) is 22.7 Å². The van der Waals surface area contributed by atoms with Gasteiger partial charge in [-0.25, -0.2) is 4.79 Å². The Labute approximate surface area is 111 Å². The van der Waals surface area contributed by atoms with E-state index in [0.29, 0.717) is 0 Å². The first kappa shape index (κ1) is 12.8. The molecule has 0 aliphatic carbocycles. The molecular weight excluding hydrogens is 373 g/mol. The molecule has 1 aromatic rings. The number of hydrogen-bond acceptors (Lipinski definition) is 3. The third kappa shape index (κ3) is 3.64. The normalized spacial score (nSPS) is 12.0. The molecule has 1 unspecified atom stereocenters. The summed E-state index contributed by atoms with van der Waals surface area (Å²) in [5, 5.41) is 3.06. The highest BCUT2D eigenvalue weighted by molar-refractivity contribution is 14.1. The average molecular weight is 384 g/mol. The lowest BCUT2D eigenvalue weighted by Gasteiger charge is -2.13. The van der Waals surface area contributed by atoms with Crippen LogP contribution in [-0.4, -0.2) is 19.1 Å². The smallest absolute Gasteiger partial charge is 0.327 e. The highest BCUT2D eigenvalue weighted by atomic mass is 127. The van der Waals surface area contributed by atoms with Crippen molar-refractivity contribution < 1.29 is 9.53 Å². The molecule has 1 rings (SSSR count). The Hall–Kier alpha value is -0.300. The first-order valence-corrected chi connectivity index (χ1v) is 6.21. The van der Waals surface area contributed by atoms with Gasteiger partial charge in [0.2, 0.25) is 0 Å². The molecule has 0 saturated heterocycles. The summed E-state index contributed by atoms with van der Waals surface area (Å²) in [7, 11) is 1.38. The number of esters is 1. The minimum atomic E-state index is -0.341. The number of carbonyl (C=O) groups excluding carboxylic acids is 1. The van der Waals surface area contributed by atoms with Crippen molar-refractivity contribution in [2.24, 2.45) is 0 Å². The van der Waals surface area contributed by atoms with Crippen LogP contribution in [0.3, 0.4) is 0 Å². The summed E-state index contributed by atoms with van der Waals surface area (Å²) < 4.78 is 6.76. The van der Waals surface area contributed by atoms with E-state index in [-0.39, 0.29) is 12.0 Å². The molecule has 0 heterocycles. The Morgan fingerprint density at radius 1 is 1.60 bits per heavy atom. The average Bonchev–Trinajstić information content (AvgIpc) is 2.22. The molecule has 5 heteroatoms. The fourth-order valence-corrected chi connectivity index (χ4v) is 1.83. The van der Waals surface area contributed by atoms with Gasteiger partial charge in [0.05, 0.1) is 7.11 Å². The molecule has 0 aliphatic heterocycles. The molecule has 82 valence electrons. The SMILES string of the molecule is COC(=O)C(C)Nc1ccc(Br)c(I)c1. The number of carbonyl (C=O) groups is 1. The Kier molecular flexibility index (Phi) is 4.85. The second kappa shape index (κ2) is 5.69. The van der Waals surface area contributed by atoms with Crippen LogP contribution in [0.1, 0.15) is 6.92 Å². The zero-order chi connectivity index (χ0) is 11.4. The number of benzene rings is 1. The van der Waals surface area contributed by atoms with E-state index in [2.05, 4.69) is 48.6 Å². The van der Waals surface area contributed by atoms with Gasteiger partial charge in [-0.3, -0.25) is 0 Å². The number of rotatable bonds is 3. The quantitative estimate of drug-likeness (QED) is 0.644. The molecule has 0 aliphatic rings. The Balaban J connectivity index is 2.73. The lowest BCUT2D eigenvalue weighted by molar-refractivity contribution is -0.141. The predicted molar refractivity (Wildman–Crippen MR) is 72.0 cm³/mol. The molecule has 0 aromatic heterocycles. The summed E-state index contributed by atoms with van der Waals surface area (Å²) in [5.41, 5.74) is 0.903. The second-order valence-electron chi connectivity index (χ2n) is 3.02. The van der Waals surface area contributed by atoms with Gasteiger partial charge in [0.15, 0.2) is 0 Å². The summed E-state index contributed by atoms with van der Waals surface area (Å²) in [6.45, 7) is 1.76. The number of ether oxygens (including phenoxy) is 1. The highest BCUT2D eigenvalue weighted by Crippen LogP contribution is 2.22. The fourth-order valence-electron chi connectivity index (χ4n) is 1.07. The maximum Gasteiger partial charge on any atom is 0.327 e. The second-order valence-corrected chi connectivity index (χ2v) is 5.03. The molecule has 0 saturated carbocycles. The molecule has 0 amide bonds. The number of anilines is 1. The van der Waals surface area contributed by atoms with Gasteiger partial charge in [0, 0.05) is 13.7 Å². The molecule has 0 bridgehead atoms. The monoisotopic (exact) mass is 383 g/mol. The molecule has 1 aromatic carbocycles. The minimum absolute atomic E-state index is 0.270. The van der Waals surface area contributed by atoms with Crippen LogP contribution in [0.4, 0.5) is 5.69 Å². The van der Waals surface area contributed by atoms with Crippen molar-refractivity contribution in [3.8, 4) is 0 Å². The van der Waals surface area contributed by atoms with Crippen LogP contribution in [0.2, 0.25) is 0 Å². The summed E-state index contributed by atoms with van der Waals surface area (Å²) in [5.74, 6) is -0.270.